The van der Waals surface area contributed by atoms with Gasteiger partial charge in [0.2, 0.25) is 0 Å². The van der Waals surface area contributed by atoms with Gasteiger partial charge in [0, 0.05) is 12.0 Å². The molecule has 0 aromatic heterocycles. The van der Waals surface area contributed by atoms with Crippen LogP contribution in [0.25, 0.3) is 0 Å². The highest BCUT2D eigenvalue weighted by atomic mass is 16.3. The summed E-state index contributed by atoms with van der Waals surface area (Å²) >= 11 is 0. The molecule has 1 N–H and O–H groups in total. The fourth-order valence-corrected chi connectivity index (χ4v) is 5.27. The zero-order valence-electron chi connectivity index (χ0n) is 11.8. The lowest BCUT2D eigenvalue weighted by molar-refractivity contribution is -0.170. The predicted molar refractivity (Wildman–Crippen MR) is 77.4 cm³/mol. The first-order chi connectivity index (χ1) is 9.65. The molecule has 4 bridgehead atoms. The Bertz CT molecular complexity index is 491. The van der Waals surface area contributed by atoms with E-state index in [1.807, 2.05) is 30.3 Å². The van der Waals surface area contributed by atoms with Gasteiger partial charge in [-0.3, -0.25) is 4.79 Å². The maximum atomic E-state index is 12.5. The molecule has 1 aromatic rings. The van der Waals surface area contributed by atoms with Crippen molar-refractivity contribution < 1.29 is 9.90 Å². The molecule has 4 aliphatic carbocycles. The monoisotopic (exact) mass is 270 g/mol. The summed E-state index contributed by atoms with van der Waals surface area (Å²) in [6, 6.07) is 9.44. The summed E-state index contributed by atoms with van der Waals surface area (Å²) < 4.78 is 0. The maximum Gasteiger partial charge on any atom is 0.165 e. The number of hydrogen-bond acceptors (Lipinski definition) is 2. The van der Waals surface area contributed by atoms with Gasteiger partial charge >= 0.3 is 0 Å². The Balaban J connectivity index is 1.57. The van der Waals surface area contributed by atoms with E-state index in [0.717, 1.165) is 43.1 Å². The van der Waals surface area contributed by atoms with Crippen LogP contribution in [0.5, 0.6) is 0 Å². The second-order valence-electron chi connectivity index (χ2n) is 7.26. The van der Waals surface area contributed by atoms with Crippen LogP contribution in [-0.4, -0.2) is 16.5 Å². The van der Waals surface area contributed by atoms with E-state index in [0.29, 0.717) is 18.3 Å². The van der Waals surface area contributed by atoms with E-state index >= 15 is 0 Å². The molecular formula is C18H22O2. The highest BCUT2D eigenvalue weighted by Crippen LogP contribution is 2.59. The normalized spacial score (nSPS) is 41.9. The quantitative estimate of drug-likeness (QED) is 0.854. The Labute approximate surface area is 120 Å². The minimum atomic E-state index is -0.722. The van der Waals surface area contributed by atoms with Gasteiger partial charge in [0.05, 0.1) is 5.60 Å². The highest BCUT2D eigenvalue weighted by Gasteiger charge is 2.56. The van der Waals surface area contributed by atoms with Gasteiger partial charge in [-0.05, 0) is 55.8 Å². The first kappa shape index (κ1) is 12.6. The average molecular weight is 270 g/mol. The van der Waals surface area contributed by atoms with Crippen LogP contribution in [-0.2, 0) is 0 Å². The number of carbonyl (C=O) groups excluding carboxylic acids is 1. The van der Waals surface area contributed by atoms with Crippen LogP contribution in [0.2, 0.25) is 0 Å². The van der Waals surface area contributed by atoms with Crippen LogP contribution in [0.15, 0.2) is 30.3 Å². The van der Waals surface area contributed by atoms with Gasteiger partial charge in [0.1, 0.15) is 0 Å². The van der Waals surface area contributed by atoms with Crippen LogP contribution in [0.4, 0.5) is 0 Å². The summed E-state index contributed by atoms with van der Waals surface area (Å²) in [6.45, 7) is 0. The lowest BCUT2D eigenvalue weighted by Crippen LogP contribution is -2.58. The zero-order valence-corrected chi connectivity index (χ0v) is 11.8. The number of Topliss-reactive ketones (excluding diaryl/α,β-unsaturated/α-hetero) is 1. The molecule has 0 radical (unpaired) electrons. The minimum Gasteiger partial charge on any atom is -0.389 e. The van der Waals surface area contributed by atoms with Crippen molar-refractivity contribution in [1.82, 2.24) is 0 Å². The summed E-state index contributed by atoms with van der Waals surface area (Å²) in [7, 11) is 0. The number of aliphatic hydroxyl groups is 1. The van der Waals surface area contributed by atoms with E-state index < -0.39 is 5.60 Å². The summed E-state index contributed by atoms with van der Waals surface area (Å²) in [6.07, 6.45) is 6.27. The van der Waals surface area contributed by atoms with Crippen LogP contribution in [0.1, 0.15) is 48.9 Å². The van der Waals surface area contributed by atoms with E-state index in [-0.39, 0.29) is 5.78 Å². The Morgan fingerprint density at radius 3 is 2.10 bits per heavy atom. The van der Waals surface area contributed by atoms with E-state index in [1.54, 1.807) is 0 Å². The molecule has 20 heavy (non-hydrogen) atoms. The molecule has 0 heterocycles. The molecule has 4 aliphatic rings. The molecular weight excluding hydrogens is 248 g/mol. The van der Waals surface area contributed by atoms with Crippen molar-refractivity contribution in [2.24, 2.45) is 23.7 Å². The Hall–Kier alpha value is -1.15. The number of rotatable bonds is 3. The molecule has 0 atom stereocenters. The van der Waals surface area contributed by atoms with Gasteiger partial charge in [0.15, 0.2) is 5.78 Å². The fraction of sp³-hybridized carbons (Fsp3) is 0.611. The van der Waals surface area contributed by atoms with Gasteiger partial charge in [0.25, 0.3) is 0 Å². The summed E-state index contributed by atoms with van der Waals surface area (Å²) in [5.74, 6) is 2.49. The van der Waals surface area contributed by atoms with Crippen LogP contribution < -0.4 is 0 Å². The second kappa shape index (κ2) is 4.42. The van der Waals surface area contributed by atoms with Crippen molar-refractivity contribution in [3.63, 3.8) is 0 Å². The Morgan fingerprint density at radius 2 is 1.55 bits per heavy atom. The Morgan fingerprint density at radius 1 is 1.00 bits per heavy atom. The third kappa shape index (κ3) is 1.85. The fourth-order valence-electron chi connectivity index (χ4n) is 5.27. The number of benzene rings is 1. The smallest absolute Gasteiger partial charge is 0.165 e. The molecule has 106 valence electrons. The van der Waals surface area contributed by atoms with Gasteiger partial charge in [-0.2, -0.15) is 0 Å². The predicted octanol–water partition coefficient (Wildman–Crippen LogP) is 3.45. The van der Waals surface area contributed by atoms with Gasteiger partial charge < -0.3 is 5.11 Å². The molecule has 2 nitrogen and oxygen atoms in total. The largest absolute Gasteiger partial charge is 0.389 e. The van der Waals surface area contributed by atoms with Gasteiger partial charge in [-0.1, -0.05) is 30.3 Å². The molecule has 0 spiro atoms. The molecule has 1 aromatic carbocycles. The number of carbonyl (C=O) groups is 1. The maximum absolute atomic E-state index is 12.5. The SMILES string of the molecule is O=C(CC1(O)C2CC3CC(C2)CC1C3)c1ccccc1. The van der Waals surface area contributed by atoms with Crippen LogP contribution in [0, 0.1) is 23.7 Å². The van der Waals surface area contributed by atoms with E-state index in [1.165, 1.54) is 6.42 Å². The third-order valence-electron chi connectivity index (χ3n) is 6.09. The summed E-state index contributed by atoms with van der Waals surface area (Å²) in [4.78, 5) is 12.5. The highest BCUT2D eigenvalue weighted by molar-refractivity contribution is 5.96. The second-order valence-corrected chi connectivity index (χ2v) is 7.26. The number of ketones is 1. The van der Waals surface area contributed by atoms with Crippen molar-refractivity contribution in [2.75, 3.05) is 0 Å². The first-order valence-electron chi connectivity index (χ1n) is 7.96. The molecule has 0 amide bonds. The molecule has 0 unspecified atom stereocenters. The molecule has 0 aliphatic heterocycles. The first-order valence-corrected chi connectivity index (χ1v) is 7.96. The minimum absolute atomic E-state index is 0.112. The molecule has 5 rings (SSSR count). The van der Waals surface area contributed by atoms with Crippen molar-refractivity contribution in [3.05, 3.63) is 35.9 Å². The molecule has 4 fully saturated rings. The van der Waals surface area contributed by atoms with E-state index in [4.69, 9.17) is 0 Å². The Kier molecular flexibility index (Phi) is 2.78. The zero-order chi connectivity index (χ0) is 13.7. The summed E-state index contributed by atoms with van der Waals surface area (Å²) in [5.41, 5.74) is 0.0232. The van der Waals surface area contributed by atoms with E-state index in [9.17, 15) is 9.90 Å². The van der Waals surface area contributed by atoms with Crippen molar-refractivity contribution >= 4 is 5.78 Å². The van der Waals surface area contributed by atoms with Crippen molar-refractivity contribution in [3.8, 4) is 0 Å². The lowest BCUT2D eigenvalue weighted by atomic mass is 9.49. The van der Waals surface area contributed by atoms with Crippen molar-refractivity contribution in [1.29, 1.82) is 0 Å². The number of hydrogen-bond donors (Lipinski definition) is 1. The molecule has 0 saturated heterocycles. The van der Waals surface area contributed by atoms with Gasteiger partial charge in [-0.25, -0.2) is 0 Å². The van der Waals surface area contributed by atoms with Crippen LogP contribution in [0.3, 0.4) is 0 Å². The van der Waals surface area contributed by atoms with Crippen LogP contribution >= 0.6 is 0 Å². The lowest BCUT2D eigenvalue weighted by Gasteiger charge is -2.58. The topological polar surface area (TPSA) is 37.3 Å². The third-order valence-corrected chi connectivity index (χ3v) is 6.09. The molecule has 4 saturated carbocycles. The van der Waals surface area contributed by atoms with E-state index in [2.05, 4.69) is 0 Å². The average Bonchev–Trinajstić information content (AvgIpc) is 2.45. The van der Waals surface area contributed by atoms with Crippen molar-refractivity contribution in [2.45, 2.75) is 44.1 Å². The standard InChI is InChI=1S/C18H22O2/c19-17(14-4-2-1-3-5-14)11-18(20)15-7-12-6-13(9-15)10-16(18)8-12/h1-5,12-13,15-16,20H,6-11H2. The summed E-state index contributed by atoms with van der Waals surface area (Å²) in [5, 5.41) is 11.2. The van der Waals surface area contributed by atoms with Gasteiger partial charge in [-0.15, -0.1) is 0 Å². The molecule has 2 heteroatoms.